The smallest absolute Gasteiger partial charge is 0.262 e. The molecule has 156 valence electrons. The Morgan fingerprint density at radius 3 is 2.58 bits per heavy atom. The molecule has 1 N–H and O–H groups in total. The van der Waals surface area contributed by atoms with Crippen molar-refractivity contribution in [1.29, 1.82) is 0 Å². The topological polar surface area (TPSA) is 140 Å². The van der Waals surface area contributed by atoms with Crippen LogP contribution in [0.3, 0.4) is 0 Å². The van der Waals surface area contributed by atoms with Crippen LogP contribution >= 0.6 is 0 Å². The van der Waals surface area contributed by atoms with E-state index in [0.717, 1.165) is 10.5 Å². The second-order valence-corrected chi connectivity index (χ2v) is 7.42. The zero-order valence-corrected chi connectivity index (χ0v) is 16.6. The fourth-order valence-electron chi connectivity index (χ4n) is 3.95. The van der Waals surface area contributed by atoms with Gasteiger partial charge in [-0.05, 0) is 38.5 Å². The Labute approximate surface area is 175 Å². The number of carbonyl (C=O) groups is 4. The van der Waals surface area contributed by atoms with Crippen molar-refractivity contribution < 1.29 is 23.7 Å². The number of amides is 4. The number of rotatable bonds is 3. The van der Waals surface area contributed by atoms with Crippen LogP contribution in [0.15, 0.2) is 28.9 Å². The van der Waals surface area contributed by atoms with Gasteiger partial charge in [-0.15, -0.1) is 5.10 Å². The van der Waals surface area contributed by atoms with E-state index in [4.69, 9.17) is 4.52 Å². The minimum Gasteiger partial charge on any atom is -0.361 e. The van der Waals surface area contributed by atoms with Crippen LogP contribution in [0.1, 0.15) is 45.0 Å². The van der Waals surface area contributed by atoms with Crippen molar-refractivity contribution in [2.75, 3.05) is 0 Å². The predicted octanol–water partition coefficient (Wildman–Crippen LogP) is 0.940. The lowest BCUT2D eigenvalue weighted by Gasteiger charge is -2.27. The van der Waals surface area contributed by atoms with Crippen molar-refractivity contribution >= 4 is 23.6 Å². The molecule has 1 aromatic carbocycles. The minimum absolute atomic E-state index is 0.0680. The highest BCUT2D eigenvalue weighted by atomic mass is 16.5. The van der Waals surface area contributed by atoms with E-state index in [9.17, 15) is 19.2 Å². The molecule has 0 radical (unpaired) electrons. The molecule has 4 heterocycles. The molecule has 2 aromatic heterocycles. The first-order valence-corrected chi connectivity index (χ1v) is 9.56. The third-order valence-electron chi connectivity index (χ3n) is 5.47. The number of imide groups is 2. The van der Waals surface area contributed by atoms with Gasteiger partial charge in [-0.2, -0.15) is 0 Å². The summed E-state index contributed by atoms with van der Waals surface area (Å²) >= 11 is 0. The number of nitrogens with zero attached hydrogens (tertiary/aromatic N) is 5. The van der Waals surface area contributed by atoms with Gasteiger partial charge < -0.3 is 4.52 Å². The Bertz CT molecular complexity index is 1270. The summed E-state index contributed by atoms with van der Waals surface area (Å²) in [5, 5.41) is 14.4. The number of hydrogen-bond acceptors (Lipinski definition) is 8. The van der Waals surface area contributed by atoms with Gasteiger partial charge in [0.15, 0.2) is 0 Å². The summed E-state index contributed by atoms with van der Waals surface area (Å²) in [5.41, 5.74) is 2.87. The fraction of sp³-hybridized carbons (Fsp3) is 0.250. The van der Waals surface area contributed by atoms with Crippen LogP contribution in [0.2, 0.25) is 0 Å². The lowest BCUT2D eigenvalue weighted by atomic mass is 10.0. The molecule has 1 saturated heterocycles. The number of aryl methyl sites for hydroxylation is 2. The maximum atomic E-state index is 13.0. The summed E-state index contributed by atoms with van der Waals surface area (Å²) in [5.74, 6) is -1.59. The van der Waals surface area contributed by atoms with E-state index in [1.165, 1.54) is 16.8 Å². The summed E-state index contributed by atoms with van der Waals surface area (Å²) in [6.07, 6.45) is 1.85. The molecule has 1 unspecified atom stereocenters. The van der Waals surface area contributed by atoms with Crippen LogP contribution in [-0.4, -0.2) is 54.7 Å². The molecular weight excluding hydrogens is 404 g/mol. The highest BCUT2D eigenvalue weighted by Crippen LogP contribution is 2.30. The summed E-state index contributed by atoms with van der Waals surface area (Å²) < 4.78 is 6.65. The van der Waals surface area contributed by atoms with Crippen LogP contribution in [0.5, 0.6) is 0 Å². The average Bonchev–Trinajstić information content (AvgIpc) is 3.40. The quantitative estimate of drug-likeness (QED) is 0.617. The lowest BCUT2D eigenvalue weighted by Crippen LogP contribution is -2.54. The van der Waals surface area contributed by atoms with Crippen LogP contribution in [-0.2, 0) is 9.59 Å². The molecule has 0 aliphatic carbocycles. The van der Waals surface area contributed by atoms with Gasteiger partial charge in [-0.25, -0.2) is 4.68 Å². The fourth-order valence-corrected chi connectivity index (χ4v) is 3.95. The Morgan fingerprint density at radius 2 is 1.87 bits per heavy atom. The van der Waals surface area contributed by atoms with E-state index < -0.39 is 29.7 Å². The standard InChI is InChI=1S/C20H16N6O5/c1-9-17(10(2)31-23-9)14-8-25(24-22-14)11-3-4-12-13(7-11)20(30)26(19(12)29)15-5-6-16(27)21-18(15)28/h3-4,7-8,15H,5-6H2,1-2H3,(H,21,27,28). The minimum atomic E-state index is -1.01. The molecule has 1 atom stereocenters. The summed E-state index contributed by atoms with van der Waals surface area (Å²) in [6, 6.07) is 3.69. The van der Waals surface area contributed by atoms with Crippen LogP contribution < -0.4 is 5.32 Å². The van der Waals surface area contributed by atoms with Gasteiger partial charge in [-0.3, -0.25) is 29.4 Å². The van der Waals surface area contributed by atoms with Crippen LogP contribution in [0, 0.1) is 13.8 Å². The Hall–Kier alpha value is -4.15. The number of aromatic nitrogens is 4. The summed E-state index contributed by atoms with van der Waals surface area (Å²) in [4.78, 5) is 50.3. The maximum absolute atomic E-state index is 13.0. The molecule has 0 spiro atoms. The highest BCUT2D eigenvalue weighted by molar-refractivity contribution is 6.23. The number of nitrogens with one attached hydrogen (secondary N) is 1. The Morgan fingerprint density at radius 1 is 1.10 bits per heavy atom. The molecule has 5 rings (SSSR count). The van der Waals surface area contributed by atoms with Crippen molar-refractivity contribution in [3.8, 4) is 16.9 Å². The number of benzene rings is 1. The normalized spacial score (nSPS) is 18.5. The van der Waals surface area contributed by atoms with Crippen molar-refractivity contribution in [3.05, 3.63) is 47.0 Å². The first-order chi connectivity index (χ1) is 14.8. The van der Waals surface area contributed by atoms with Crippen molar-refractivity contribution in [3.63, 3.8) is 0 Å². The van der Waals surface area contributed by atoms with E-state index in [1.54, 1.807) is 26.1 Å². The Kier molecular flexibility index (Phi) is 4.07. The molecule has 0 saturated carbocycles. The average molecular weight is 420 g/mol. The van der Waals surface area contributed by atoms with E-state index >= 15 is 0 Å². The maximum Gasteiger partial charge on any atom is 0.262 e. The monoisotopic (exact) mass is 420 g/mol. The van der Waals surface area contributed by atoms with E-state index in [2.05, 4.69) is 20.8 Å². The van der Waals surface area contributed by atoms with Crippen molar-refractivity contribution in [2.45, 2.75) is 32.7 Å². The molecule has 1 fully saturated rings. The molecule has 11 heteroatoms. The van der Waals surface area contributed by atoms with E-state index in [0.29, 0.717) is 22.8 Å². The van der Waals surface area contributed by atoms with Crippen LogP contribution in [0.25, 0.3) is 16.9 Å². The SMILES string of the molecule is Cc1noc(C)c1-c1cn(-c2ccc3c(c2)C(=O)N(C2CCC(=O)NC2=O)C3=O)nn1. The summed E-state index contributed by atoms with van der Waals surface area (Å²) in [7, 11) is 0. The van der Waals surface area contributed by atoms with Gasteiger partial charge in [0, 0.05) is 6.42 Å². The largest absolute Gasteiger partial charge is 0.361 e. The van der Waals surface area contributed by atoms with Crippen molar-refractivity contribution in [1.82, 2.24) is 30.4 Å². The predicted molar refractivity (Wildman–Crippen MR) is 103 cm³/mol. The lowest BCUT2D eigenvalue weighted by molar-refractivity contribution is -0.136. The zero-order valence-electron chi connectivity index (χ0n) is 16.6. The Balaban J connectivity index is 1.48. The highest BCUT2D eigenvalue weighted by Gasteiger charge is 2.44. The first kappa shape index (κ1) is 18.9. The molecule has 2 aliphatic rings. The molecule has 31 heavy (non-hydrogen) atoms. The molecule has 0 bridgehead atoms. The number of piperidine rings is 1. The van der Waals surface area contributed by atoms with Gasteiger partial charge >= 0.3 is 0 Å². The van der Waals surface area contributed by atoms with E-state index in [1.807, 2.05) is 0 Å². The second kappa shape index (κ2) is 6.69. The zero-order chi connectivity index (χ0) is 21.9. The number of fused-ring (bicyclic) bond motifs is 1. The van der Waals surface area contributed by atoms with Gasteiger partial charge in [0.1, 0.15) is 17.5 Å². The van der Waals surface area contributed by atoms with Gasteiger partial charge in [0.2, 0.25) is 11.8 Å². The summed E-state index contributed by atoms with van der Waals surface area (Å²) in [6.45, 7) is 3.58. The third kappa shape index (κ3) is 2.85. The van der Waals surface area contributed by atoms with Gasteiger partial charge in [0.05, 0.1) is 34.3 Å². The third-order valence-corrected chi connectivity index (χ3v) is 5.47. The molecule has 2 aliphatic heterocycles. The molecule has 4 amide bonds. The molecule has 3 aromatic rings. The van der Waals surface area contributed by atoms with Gasteiger partial charge in [0.25, 0.3) is 11.8 Å². The van der Waals surface area contributed by atoms with Crippen molar-refractivity contribution in [2.24, 2.45) is 0 Å². The van der Waals surface area contributed by atoms with E-state index in [-0.39, 0.29) is 24.0 Å². The number of carbonyl (C=O) groups excluding carboxylic acids is 4. The number of hydrogen-bond donors (Lipinski definition) is 1. The van der Waals surface area contributed by atoms with Crippen LogP contribution in [0.4, 0.5) is 0 Å². The molecular formula is C20H16N6O5. The first-order valence-electron chi connectivity index (χ1n) is 9.56. The molecule has 11 nitrogen and oxygen atoms in total. The van der Waals surface area contributed by atoms with Gasteiger partial charge in [-0.1, -0.05) is 10.4 Å². The second-order valence-electron chi connectivity index (χ2n) is 7.42.